The molecule has 0 aromatic carbocycles. The minimum atomic E-state index is -4.64. The van der Waals surface area contributed by atoms with E-state index in [2.05, 4.69) is 16.7 Å². The molecule has 0 spiro atoms. The van der Waals surface area contributed by atoms with Crippen molar-refractivity contribution in [3.63, 3.8) is 0 Å². The molecule has 0 rings (SSSR count). The Morgan fingerprint density at radius 3 is 0.700 bits per heavy atom. The van der Waals surface area contributed by atoms with E-state index in [-0.39, 0.29) is 38.9 Å². The highest BCUT2D eigenvalue weighted by Gasteiger charge is 2.32. The van der Waals surface area contributed by atoms with Crippen molar-refractivity contribution in [1.29, 1.82) is 0 Å². The summed E-state index contributed by atoms with van der Waals surface area (Å²) in [6.45, 7) is -1.73. The molecule has 0 aromatic rings. The third kappa shape index (κ3) is 38.0. The van der Waals surface area contributed by atoms with E-state index in [4.69, 9.17) is 0 Å². The fraction of sp³-hybridized carbons (Fsp3) is 1.00. The van der Waals surface area contributed by atoms with Crippen molar-refractivity contribution >= 4 is 40.5 Å². The molecule has 0 fully saturated rings. The maximum atomic E-state index is 11.9. The molecule has 0 N–H and O–H groups in total. The van der Waals surface area contributed by atoms with Gasteiger partial charge in [-0.3, -0.25) is 16.7 Å². The third-order valence-electron chi connectivity index (χ3n) is 5.11. The molecule has 304 valence electrons. The Morgan fingerprint density at radius 1 is 0.300 bits per heavy atom. The first-order valence-corrected chi connectivity index (χ1v) is 20.3. The molecule has 0 saturated heterocycles. The maximum absolute atomic E-state index is 11.9. The van der Waals surface area contributed by atoms with Crippen LogP contribution >= 0.6 is 0 Å². The molecule has 0 saturated carbocycles. The lowest BCUT2D eigenvalue weighted by Gasteiger charge is -2.09. The Kier molecular flexibility index (Phi) is 22.5. The molecule has 28 heteroatoms. The van der Waals surface area contributed by atoms with Gasteiger partial charge >= 0.3 is 24.7 Å². The van der Waals surface area contributed by atoms with E-state index in [1.54, 1.807) is 0 Å². The summed E-state index contributed by atoms with van der Waals surface area (Å²) in [5, 5.41) is 0. The first kappa shape index (κ1) is 50.9. The molecule has 0 aliphatic rings. The smallest absolute Gasteiger partial charge is 0.270 e. The minimum Gasteiger partial charge on any atom is -0.270 e. The van der Waals surface area contributed by atoms with Crippen LogP contribution in [0.2, 0.25) is 0 Å². The van der Waals surface area contributed by atoms with E-state index in [0.29, 0.717) is 0 Å². The van der Waals surface area contributed by atoms with Gasteiger partial charge in [-0.1, -0.05) is 0 Å². The van der Waals surface area contributed by atoms with Gasteiger partial charge in [-0.05, 0) is 38.5 Å². The van der Waals surface area contributed by atoms with Crippen LogP contribution in [-0.2, 0) is 57.2 Å². The summed E-state index contributed by atoms with van der Waals surface area (Å²) in [6, 6.07) is 0. The van der Waals surface area contributed by atoms with E-state index >= 15 is 0 Å². The molecular formula is C22H36F12O12S4. The standard InChI is InChI=1S/C12H20F6O6S2.C10H16F6O6S2/c13-11(14,15)5-3-9-25(19,20)23-7-1-2-8-24-26(21,22)10-4-6-12(16,17)18;11-9(12,13)3-7-23(17,18)21-5-1-2-6-22-24(19,20)8-4-10(14,15)16/h1-10H2;1-8H2. The van der Waals surface area contributed by atoms with E-state index in [0.717, 1.165) is 0 Å². The van der Waals surface area contributed by atoms with E-state index in [1.807, 2.05) is 0 Å². The van der Waals surface area contributed by atoms with Crippen LogP contribution in [0.5, 0.6) is 0 Å². The van der Waals surface area contributed by atoms with Gasteiger partial charge in [-0.25, -0.2) is 0 Å². The third-order valence-corrected chi connectivity index (χ3v) is 10.2. The quantitative estimate of drug-likeness (QED) is 0.0679. The zero-order valence-electron chi connectivity index (χ0n) is 25.8. The van der Waals surface area contributed by atoms with E-state index < -0.39 is 140 Å². The number of rotatable bonds is 24. The molecular weight excluding hydrogens is 812 g/mol. The molecule has 0 amide bonds. The molecule has 0 aliphatic carbocycles. The second-order valence-corrected chi connectivity index (χ2v) is 17.0. The van der Waals surface area contributed by atoms with Gasteiger partial charge in [0.15, 0.2) is 0 Å². The van der Waals surface area contributed by atoms with Gasteiger partial charge in [0.2, 0.25) is 0 Å². The minimum absolute atomic E-state index is 0.0383. The summed E-state index contributed by atoms with van der Waals surface area (Å²) in [7, 11) is -16.9. The van der Waals surface area contributed by atoms with Gasteiger partial charge in [0.05, 0.1) is 62.3 Å². The average molecular weight is 849 g/mol. The summed E-state index contributed by atoms with van der Waals surface area (Å²) >= 11 is 0. The zero-order chi connectivity index (χ0) is 39.6. The summed E-state index contributed by atoms with van der Waals surface area (Å²) in [5.74, 6) is -4.06. The first-order valence-electron chi connectivity index (χ1n) is 14.0. The van der Waals surface area contributed by atoms with E-state index in [1.165, 1.54) is 0 Å². The van der Waals surface area contributed by atoms with Gasteiger partial charge < -0.3 is 0 Å². The van der Waals surface area contributed by atoms with Gasteiger partial charge in [-0.15, -0.1) is 0 Å². The van der Waals surface area contributed by atoms with Crippen LogP contribution in [0, 0.1) is 0 Å². The lowest BCUT2D eigenvalue weighted by Crippen LogP contribution is -2.19. The fourth-order valence-corrected chi connectivity index (χ4v) is 6.68. The molecule has 0 unspecified atom stereocenters. The Hall–Kier alpha value is -1.20. The Balaban J connectivity index is 0. The summed E-state index contributed by atoms with van der Waals surface area (Å²) < 4.78 is 250. The lowest BCUT2D eigenvalue weighted by molar-refractivity contribution is -0.135. The van der Waals surface area contributed by atoms with Crippen LogP contribution in [0.15, 0.2) is 0 Å². The van der Waals surface area contributed by atoms with Crippen LogP contribution < -0.4 is 0 Å². The predicted molar refractivity (Wildman–Crippen MR) is 149 cm³/mol. The molecule has 0 heterocycles. The SMILES string of the molecule is O=S(=O)(CCC(F)(F)F)OCCCCOS(=O)(=O)CCC(F)(F)F.O=S(=O)(CCCC(F)(F)F)OCCCCOS(=O)(=O)CCCC(F)(F)F. The first-order chi connectivity index (χ1) is 22.2. The second-order valence-electron chi connectivity index (χ2n) is 9.92. The fourth-order valence-electron chi connectivity index (χ4n) is 2.77. The second kappa shape index (κ2) is 22.1. The van der Waals surface area contributed by atoms with Crippen molar-refractivity contribution in [3.8, 4) is 0 Å². The summed E-state index contributed by atoms with van der Waals surface area (Å²) in [4.78, 5) is 0. The van der Waals surface area contributed by atoms with Gasteiger partial charge in [-0.2, -0.15) is 86.4 Å². The molecule has 0 atom stereocenters. The normalized spacial score (nSPS) is 14.0. The number of hydrogen-bond donors (Lipinski definition) is 0. The van der Waals surface area contributed by atoms with Crippen molar-refractivity contribution in [3.05, 3.63) is 0 Å². The molecule has 50 heavy (non-hydrogen) atoms. The predicted octanol–water partition coefficient (Wildman–Crippen LogP) is 5.51. The van der Waals surface area contributed by atoms with Crippen LogP contribution in [0.4, 0.5) is 52.7 Å². The van der Waals surface area contributed by atoms with Crippen LogP contribution in [0.25, 0.3) is 0 Å². The summed E-state index contributed by atoms with van der Waals surface area (Å²) in [6.07, 6.45) is -25.2. The number of halogens is 12. The molecule has 0 bridgehead atoms. The monoisotopic (exact) mass is 848 g/mol. The van der Waals surface area contributed by atoms with Crippen molar-refractivity contribution in [2.24, 2.45) is 0 Å². The van der Waals surface area contributed by atoms with Crippen LogP contribution in [0.1, 0.15) is 64.2 Å². The molecule has 0 radical (unpaired) electrons. The van der Waals surface area contributed by atoms with Crippen molar-refractivity contribution in [1.82, 2.24) is 0 Å². The molecule has 12 nitrogen and oxygen atoms in total. The maximum Gasteiger partial charge on any atom is 0.390 e. The van der Waals surface area contributed by atoms with Crippen molar-refractivity contribution < 1.29 is 103 Å². The molecule has 0 aromatic heterocycles. The van der Waals surface area contributed by atoms with Gasteiger partial charge in [0.1, 0.15) is 0 Å². The number of unbranched alkanes of at least 4 members (excludes halogenated alkanes) is 2. The van der Waals surface area contributed by atoms with Gasteiger partial charge in [0.25, 0.3) is 40.5 Å². The Labute approximate surface area is 281 Å². The average Bonchev–Trinajstić information content (AvgIpc) is 2.88. The highest BCUT2D eigenvalue weighted by atomic mass is 32.2. The van der Waals surface area contributed by atoms with Crippen LogP contribution in [0.3, 0.4) is 0 Å². The van der Waals surface area contributed by atoms with Gasteiger partial charge in [0, 0.05) is 12.8 Å². The van der Waals surface area contributed by atoms with E-state index in [9.17, 15) is 86.4 Å². The summed E-state index contributed by atoms with van der Waals surface area (Å²) in [5.41, 5.74) is 0. The topological polar surface area (TPSA) is 173 Å². The van der Waals surface area contributed by atoms with Crippen LogP contribution in [-0.4, -0.2) is 108 Å². The Bertz CT molecular complexity index is 1270. The highest BCUT2D eigenvalue weighted by Crippen LogP contribution is 2.24. The zero-order valence-corrected chi connectivity index (χ0v) is 29.1. The van der Waals surface area contributed by atoms with Crippen molar-refractivity contribution in [2.45, 2.75) is 88.9 Å². The highest BCUT2D eigenvalue weighted by molar-refractivity contribution is 7.87. The number of alkyl halides is 12. The molecule has 0 aliphatic heterocycles. The Morgan fingerprint density at radius 2 is 0.500 bits per heavy atom. The number of hydrogen-bond acceptors (Lipinski definition) is 12. The largest absolute Gasteiger partial charge is 0.390 e. The van der Waals surface area contributed by atoms with Crippen molar-refractivity contribution in [2.75, 3.05) is 49.4 Å². The lowest BCUT2D eigenvalue weighted by atomic mass is 10.3.